The summed E-state index contributed by atoms with van der Waals surface area (Å²) >= 11 is 0. The first-order chi connectivity index (χ1) is 10.2. The summed E-state index contributed by atoms with van der Waals surface area (Å²) in [4.78, 5) is 32.0. The summed E-state index contributed by atoms with van der Waals surface area (Å²) in [5, 5.41) is 0. The second kappa shape index (κ2) is 7.64. The van der Waals surface area contributed by atoms with E-state index in [0.29, 0.717) is 32.8 Å². The minimum atomic E-state index is -0.253. The molecule has 0 aliphatic carbocycles. The zero-order valence-electron chi connectivity index (χ0n) is 12.2. The first-order valence-electron chi connectivity index (χ1n) is 7.13. The summed E-state index contributed by atoms with van der Waals surface area (Å²) in [6, 6.07) is 9.39. The molecule has 114 valence electrons. The maximum absolute atomic E-state index is 12.0. The normalized spacial score (nSPS) is 15.5. The third kappa shape index (κ3) is 4.75. The SMILES string of the molecule is CC(=O)N1CCCN(C(=O)NOCc2ccccc2)CC1. The van der Waals surface area contributed by atoms with Crippen molar-refractivity contribution in [2.75, 3.05) is 26.2 Å². The third-order valence-corrected chi connectivity index (χ3v) is 3.47. The van der Waals surface area contributed by atoms with E-state index in [9.17, 15) is 9.59 Å². The lowest BCUT2D eigenvalue weighted by molar-refractivity contribution is -0.128. The minimum absolute atomic E-state index is 0.0533. The number of carbonyl (C=O) groups is 2. The Labute approximate surface area is 124 Å². The summed E-state index contributed by atoms with van der Waals surface area (Å²) in [6.07, 6.45) is 0.783. The van der Waals surface area contributed by atoms with Gasteiger partial charge in [0.2, 0.25) is 5.91 Å². The highest BCUT2D eigenvalue weighted by Crippen LogP contribution is 2.04. The molecule has 0 saturated carbocycles. The number of carbonyl (C=O) groups excluding carboxylic acids is 2. The summed E-state index contributed by atoms with van der Waals surface area (Å²) < 4.78 is 0. The van der Waals surface area contributed by atoms with Gasteiger partial charge in [0.25, 0.3) is 0 Å². The van der Waals surface area contributed by atoms with E-state index in [1.807, 2.05) is 30.3 Å². The Morgan fingerprint density at radius 3 is 2.48 bits per heavy atom. The first kappa shape index (κ1) is 15.3. The van der Waals surface area contributed by atoms with Crippen LogP contribution in [-0.4, -0.2) is 47.9 Å². The van der Waals surface area contributed by atoms with Crippen LogP contribution in [0.2, 0.25) is 0 Å². The lowest BCUT2D eigenvalue weighted by atomic mass is 10.2. The van der Waals surface area contributed by atoms with Gasteiger partial charge in [-0.15, -0.1) is 0 Å². The Morgan fingerprint density at radius 2 is 1.76 bits per heavy atom. The average Bonchev–Trinajstić information content (AvgIpc) is 2.74. The maximum atomic E-state index is 12.0. The number of hydroxylamine groups is 1. The number of benzene rings is 1. The van der Waals surface area contributed by atoms with Gasteiger partial charge in [-0.1, -0.05) is 30.3 Å². The molecule has 6 heteroatoms. The molecule has 1 aromatic carbocycles. The molecule has 0 spiro atoms. The zero-order chi connectivity index (χ0) is 15.1. The van der Waals surface area contributed by atoms with Gasteiger partial charge in [0.1, 0.15) is 0 Å². The fraction of sp³-hybridized carbons (Fsp3) is 0.467. The van der Waals surface area contributed by atoms with Crippen LogP contribution in [0, 0.1) is 0 Å². The van der Waals surface area contributed by atoms with Crippen LogP contribution in [0.4, 0.5) is 4.79 Å². The number of hydrogen-bond acceptors (Lipinski definition) is 3. The number of nitrogens with zero attached hydrogens (tertiary/aromatic N) is 2. The van der Waals surface area contributed by atoms with E-state index in [1.165, 1.54) is 0 Å². The summed E-state index contributed by atoms with van der Waals surface area (Å²) in [5.41, 5.74) is 3.45. The number of hydrogen-bond donors (Lipinski definition) is 1. The molecule has 21 heavy (non-hydrogen) atoms. The van der Waals surface area contributed by atoms with E-state index in [-0.39, 0.29) is 11.9 Å². The van der Waals surface area contributed by atoms with Gasteiger partial charge in [-0.25, -0.2) is 10.3 Å². The molecule has 1 aromatic rings. The van der Waals surface area contributed by atoms with Crippen molar-refractivity contribution in [3.05, 3.63) is 35.9 Å². The van der Waals surface area contributed by atoms with Gasteiger partial charge in [0, 0.05) is 33.1 Å². The van der Waals surface area contributed by atoms with Crippen molar-refractivity contribution in [1.29, 1.82) is 0 Å². The molecule has 1 saturated heterocycles. The van der Waals surface area contributed by atoms with Crippen molar-refractivity contribution < 1.29 is 14.4 Å². The Morgan fingerprint density at radius 1 is 1.10 bits per heavy atom. The van der Waals surface area contributed by atoms with Crippen molar-refractivity contribution in [2.24, 2.45) is 0 Å². The van der Waals surface area contributed by atoms with E-state index in [1.54, 1.807) is 16.7 Å². The van der Waals surface area contributed by atoms with Crippen molar-refractivity contribution >= 4 is 11.9 Å². The van der Waals surface area contributed by atoms with E-state index < -0.39 is 0 Å². The molecule has 0 radical (unpaired) electrons. The maximum Gasteiger partial charge on any atom is 0.341 e. The van der Waals surface area contributed by atoms with Gasteiger partial charge in [0.05, 0.1) is 6.61 Å². The quantitative estimate of drug-likeness (QED) is 0.856. The molecule has 0 atom stereocenters. The van der Waals surface area contributed by atoms with Crippen LogP contribution in [0.3, 0.4) is 0 Å². The molecule has 3 amide bonds. The highest BCUT2D eigenvalue weighted by atomic mass is 16.7. The number of rotatable bonds is 3. The molecule has 1 aliphatic heterocycles. The number of amides is 3. The minimum Gasteiger partial charge on any atom is -0.341 e. The molecule has 1 fully saturated rings. The third-order valence-electron chi connectivity index (χ3n) is 3.47. The molecule has 0 aromatic heterocycles. The average molecular weight is 291 g/mol. The van der Waals surface area contributed by atoms with Gasteiger partial charge in [-0.3, -0.25) is 9.63 Å². The van der Waals surface area contributed by atoms with Crippen molar-refractivity contribution in [3.63, 3.8) is 0 Å². The molecule has 1 heterocycles. The highest BCUT2D eigenvalue weighted by molar-refractivity contribution is 5.74. The summed E-state index contributed by atoms with van der Waals surface area (Å²) in [6.45, 7) is 4.31. The van der Waals surface area contributed by atoms with Crippen LogP contribution in [-0.2, 0) is 16.2 Å². The molecule has 2 rings (SSSR count). The number of nitrogens with one attached hydrogen (secondary N) is 1. The van der Waals surface area contributed by atoms with Gasteiger partial charge in [0.15, 0.2) is 0 Å². The van der Waals surface area contributed by atoms with Crippen LogP contribution in [0.5, 0.6) is 0 Å². The van der Waals surface area contributed by atoms with E-state index >= 15 is 0 Å². The Bertz CT molecular complexity index is 478. The molecule has 1 aliphatic rings. The molecule has 0 unspecified atom stereocenters. The van der Waals surface area contributed by atoms with Crippen molar-refractivity contribution in [2.45, 2.75) is 20.0 Å². The van der Waals surface area contributed by atoms with E-state index in [0.717, 1.165) is 12.0 Å². The molecular weight excluding hydrogens is 270 g/mol. The van der Waals surface area contributed by atoms with Crippen LogP contribution in [0.15, 0.2) is 30.3 Å². The lowest BCUT2D eigenvalue weighted by Gasteiger charge is -2.21. The second-order valence-electron chi connectivity index (χ2n) is 5.03. The summed E-state index contributed by atoms with van der Waals surface area (Å²) in [5.74, 6) is 0.0533. The first-order valence-corrected chi connectivity index (χ1v) is 7.13. The Balaban J connectivity index is 1.74. The fourth-order valence-corrected chi connectivity index (χ4v) is 2.26. The molecular formula is C15H21N3O3. The van der Waals surface area contributed by atoms with Crippen molar-refractivity contribution in [3.8, 4) is 0 Å². The predicted octanol–water partition coefficient (Wildman–Crippen LogP) is 1.38. The van der Waals surface area contributed by atoms with Crippen LogP contribution >= 0.6 is 0 Å². The highest BCUT2D eigenvalue weighted by Gasteiger charge is 2.20. The Kier molecular flexibility index (Phi) is 5.57. The largest absolute Gasteiger partial charge is 0.341 e. The van der Waals surface area contributed by atoms with Gasteiger partial charge < -0.3 is 9.80 Å². The number of urea groups is 1. The van der Waals surface area contributed by atoms with Crippen LogP contribution < -0.4 is 5.48 Å². The predicted molar refractivity (Wildman–Crippen MR) is 78.2 cm³/mol. The smallest absolute Gasteiger partial charge is 0.341 e. The summed E-state index contributed by atoms with van der Waals surface area (Å²) in [7, 11) is 0. The van der Waals surface area contributed by atoms with Crippen LogP contribution in [0.25, 0.3) is 0 Å². The molecule has 1 N–H and O–H groups in total. The molecule has 0 bridgehead atoms. The van der Waals surface area contributed by atoms with E-state index in [2.05, 4.69) is 5.48 Å². The monoisotopic (exact) mass is 291 g/mol. The van der Waals surface area contributed by atoms with Gasteiger partial charge >= 0.3 is 6.03 Å². The zero-order valence-corrected chi connectivity index (χ0v) is 12.2. The standard InChI is InChI=1S/C15H21N3O3/c1-13(19)17-8-5-9-18(11-10-17)15(20)16-21-12-14-6-3-2-4-7-14/h2-4,6-7H,5,8-12H2,1H3,(H,16,20). The lowest BCUT2D eigenvalue weighted by Crippen LogP contribution is -2.42. The Hall–Kier alpha value is -2.08. The second-order valence-corrected chi connectivity index (χ2v) is 5.03. The molecule has 6 nitrogen and oxygen atoms in total. The van der Waals surface area contributed by atoms with Gasteiger partial charge in [-0.05, 0) is 12.0 Å². The fourth-order valence-electron chi connectivity index (χ4n) is 2.26. The van der Waals surface area contributed by atoms with E-state index in [4.69, 9.17) is 4.84 Å². The van der Waals surface area contributed by atoms with Crippen LogP contribution in [0.1, 0.15) is 18.9 Å². The van der Waals surface area contributed by atoms with Gasteiger partial charge in [-0.2, -0.15) is 0 Å². The van der Waals surface area contributed by atoms with Crippen molar-refractivity contribution in [1.82, 2.24) is 15.3 Å². The topological polar surface area (TPSA) is 61.9 Å².